The van der Waals surface area contributed by atoms with Crippen LogP contribution in [0.5, 0.6) is 0 Å². The normalized spacial score (nSPS) is 24.9. The predicted octanol–water partition coefficient (Wildman–Crippen LogP) is 2.76. The molecule has 3 atom stereocenters. The number of rotatable bonds is 4. The second kappa shape index (κ2) is 6.87. The molecule has 28 heavy (non-hydrogen) atoms. The maximum Gasteiger partial charge on any atom is 0.437 e. The SMILES string of the molecule is O=C1N[C@H](c2cccc([N+](=O)[O-])c2)[C@H](C(=O)c2cccs2)[C@@](O)(C(F)(F)F)N1. The number of benzene rings is 1. The van der Waals surface area contributed by atoms with Crippen LogP contribution in [0.1, 0.15) is 21.3 Å². The Kier molecular flexibility index (Phi) is 4.85. The molecule has 0 bridgehead atoms. The number of nitrogens with zero attached hydrogens (tertiary/aromatic N) is 1. The summed E-state index contributed by atoms with van der Waals surface area (Å²) < 4.78 is 41.1. The number of hydrogen-bond acceptors (Lipinski definition) is 6. The van der Waals surface area contributed by atoms with Crippen molar-refractivity contribution in [1.82, 2.24) is 10.6 Å². The summed E-state index contributed by atoms with van der Waals surface area (Å²) in [5.74, 6) is -3.29. The molecule has 1 aromatic heterocycles. The van der Waals surface area contributed by atoms with Crippen molar-refractivity contribution in [2.75, 3.05) is 0 Å². The van der Waals surface area contributed by atoms with E-state index < -0.39 is 46.3 Å². The number of thiophene rings is 1. The number of halogens is 3. The van der Waals surface area contributed by atoms with Crippen LogP contribution in [0, 0.1) is 16.0 Å². The Balaban J connectivity index is 2.17. The summed E-state index contributed by atoms with van der Waals surface area (Å²) in [6.45, 7) is 0. The number of urea groups is 1. The Morgan fingerprint density at radius 3 is 2.57 bits per heavy atom. The third-order valence-corrected chi connectivity index (χ3v) is 5.18. The van der Waals surface area contributed by atoms with Crippen LogP contribution in [0.2, 0.25) is 0 Å². The van der Waals surface area contributed by atoms with Gasteiger partial charge in [-0.1, -0.05) is 18.2 Å². The lowest BCUT2D eigenvalue weighted by Gasteiger charge is -2.44. The minimum Gasteiger partial charge on any atom is -0.363 e. The van der Waals surface area contributed by atoms with E-state index in [9.17, 15) is 38.0 Å². The average molecular weight is 415 g/mol. The number of nitrogens with one attached hydrogen (secondary N) is 2. The molecular formula is C16H12F3N3O5S. The van der Waals surface area contributed by atoms with Crippen molar-refractivity contribution in [3.8, 4) is 0 Å². The van der Waals surface area contributed by atoms with Gasteiger partial charge in [0.15, 0.2) is 5.78 Å². The lowest BCUT2D eigenvalue weighted by molar-refractivity contribution is -0.385. The van der Waals surface area contributed by atoms with Gasteiger partial charge in [-0.3, -0.25) is 14.9 Å². The van der Waals surface area contributed by atoms with E-state index in [2.05, 4.69) is 5.32 Å². The van der Waals surface area contributed by atoms with Crippen LogP contribution in [0.4, 0.5) is 23.7 Å². The van der Waals surface area contributed by atoms with Gasteiger partial charge in [0.25, 0.3) is 5.69 Å². The maximum absolute atomic E-state index is 13.7. The molecule has 1 aromatic carbocycles. The summed E-state index contributed by atoms with van der Waals surface area (Å²) in [5.41, 5.74) is -4.43. The van der Waals surface area contributed by atoms with E-state index in [-0.39, 0.29) is 10.4 Å². The molecule has 1 aliphatic heterocycles. The highest BCUT2D eigenvalue weighted by atomic mass is 32.1. The molecule has 0 spiro atoms. The molecule has 2 amide bonds. The van der Waals surface area contributed by atoms with Gasteiger partial charge in [-0.25, -0.2) is 4.79 Å². The first-order valence-electron chi connectivity index (χ1n) is 7.74. The molecule has 0 radical (unpaired) electrons. The van der Waals surface area contributed by atoms with Crippen molar-refractivity contribution >= 4 is 28.8 Å². The van der Waals surface area contributed by atoms with Crippen LogP contribution in [0.3, 0.4) is 0 Å². The van der Waals surface area contributed by atoms with E-state index in [1.54, 1.807) is 0 Å². The molecular weight excluding hydrogens is 403 g/mol. The first-order chi connectivity index (χ1) is 13.0. The zero-order chi connectivity index (χ0) is 20.7. The molecule has 3 rings (SSSR count). The first-order valence-corrected chi connectivity index (χ1v) is 8.62. The molecule has 1 saturated heterocycles. The number of nitro groups is 1. The van der Waals surface area contributed by atoms with E-state index in [1.165, 1.54) is 35.0 Å². The highest BCUT2D eigenvalue weighted by molar-refractivity contribution is 7.12. The number of Topliss-reactive ketones (excluding diaryl/α,β-unsaturated/α-hetero) is 1. The maximum atomic E-state index is 13.7. The number of carbonyl (C=O) groups excluding carboxylic acids is 2. The lowest BCUT2D eigenvalue weighted by Crippen LogP contribution is -2.72. The van der Waals surface area contributed by atoms with Crippen LogP contribution in [-0.4, -0.2) is 33.7 Å². The summed E-state index contributed by atoms with van der Waals surface area (Å²) in [6.07, 6.45) is -5.39. The van der Waals surface area contributed by atoms with E-state index in [4.69, 9.17) is 0 Å². The number of non-ortho nitro benzene ring substituents is 1. The monoisotopic (exact) mass is 415 g/mol. The zero-order valence-corrected chi connectivity index (χ0v) is 14.6. The fourth-order valence-corrected chi connectivity index (χ4v) is 3.72. The van der Waals surface area contributed by atoms with E-state index in [0.717, 1.165) is 23.5 Å². The van der Waals surface area contributed by atoms with Crippen molar-refractivity contribution in [3.05, 3.63) is 62.3 Å². The van der Waals surface area contributed by atoms with E-state index >= 15 is 0 Å². The Bertz CT molecular complexity index is 934. The summed E-state index contributed by atoms with van der Waals surface area (Å²) >= 11 is 0.865. The quantitative estimate of drug-likeness (QED) is 0.403. The zero-order valence-electron chi connectivity index (χ0n) is 13.8. The standard InChI is InChI=1S/C16H12F3N3O5S/c17-16(18,19)15(25)11(13(23)10-5-2-6-28-10)12(20-14(24)21-15)8-3-1-4-9(7-8)22(26)27/h1-7,11-12,25H,(H2,20,21,24)/t11-,12-,15-/m1/s1. The first kappa shape index (κ1) is 19.8. The van der Waals surface area contributed by atoms with Gasteiger partial charge < -0.3 is 15.7 Å². The topological polar surface area (TPSA) is 122 Å². The van der Waals surface area contributed by atoms with Crippen LogP contribution in [0.25, 0.3) is 0 Å². The largest absolute Gasteiger partial charge is 0.437 e. The van der Waals surface area contributed by atoms with E-state index in [0.29, 0.717) is 0 Å². The van der Waals surface area contributed by atoms with Gasteiger partial charge in [-0.2, -0.15) is 13.2 Å². The predicted molar refractivity (Wildman–Crippen MR) is 90.6 cm³/mol. The van der Waals surface area contributed by atoms with Gasteiger partial charge >= 0.3 is 12.2 Å². The number of amides is 2. The molecule has 2 aromatic rings. The number of hydrogen-bond donors (Lipinski definition) is 3. The summed E-state index contributed by atoms with van der Waals surface area (Å²) in [7, 11) is 0. The van der Waals surface area contributed by atoms with Crippen molar-refractivity contribution in [3.63, 3.8) is 0 Å². The number of aliphatic hydroxyl groups is 1. The van der Waals surface area contributed by atoms with Gasteiger partial charge in [-0.05, 0) is 17.0 Å². The van der Waals surface area contributed by atoms with Gasteiger partial charge in [0.1, 0.15) is 5.92 Å². The third kappa shape index (κ3) is 3.31. The Labute approximate surface area is 159 Å². The molecule has 0 unspecified atom stereocenters. The average Bonchev–Trinajstić information content (AvgIpc) is 3.14. The molecule has 8 nitrogen and oxygen atoms in total. The second-order valence-electron chi connectivity index (χ2n) is 6.01. The fraction of sp³-hybridized carbons (Fsp3) is 0.250. The molecule has 2 heterocycles. The van der Waals surface area contributed by atoms with Crippen LogP contribution in [0.15, 0.2) is 41.8 Å². The molecule has 3 N–H and O–H groups in total. The van der Waals surface area contributed by atoms with Gasteiger partial charge in [-0.15, -0.1) is 11.3 Å². The van der Waals surface area contributed by atoms with E-state index in [1.807, 2.05) is 0 Å². The van der Waals surface area contributed by atoms with Crippen molar-refractivity contribution in [1.29, 1.82) is 0 Å². The van der Waals surface area contributed by atoms with Gasteiger partial charge in [0, 0.05) is 12.1 Å². The number of ketones is 1. The molecule has 0 saturated carbocycles. The van der Waals surface area contributed by atoms with Crippen LogP contribution < -0.4 is 10.6 Å². The molecule has 148 valence electrons. The van der Waals surface area contributed by atoms with Crippen LogP contribution in [-0.2, 0) is 0 Å². The lowest BCUT2D eigenvalue weighted by atomic mass is 9.78. The molecule has 12 heteroatoms. The van der Waals surface area contributed by atoms with Crippen molar-refractivity contribution < 1.29 is 32.8 Å². The molecule has 1 aliphatic rings. The third-order valence-electron chi connectivity index (χ3n) is 4.29. The van der Waals surface area contributed by atoms with Crippen LogP contribution >= 0.6 is 11.3 Å². The highest BCUT2D eigenvalue weighted by Gasteiger charge is 2.66. The Morgan fingerprint density at radius 1 is 1.29 bits per heavy atom. The van der Waals surface area contributed by atoms with Crippen molar-refractivity contribution in [2.24, 2.45) is 5.92 Å². The number of nitro benzene ring substituents is 1. The summed E-state index contributed by atoms with van der Waals surface area (Å²) in [5, 5.41) is 26.4. The highest BCUT2D eigenvalue weighted by Crippen LogP contribution is 2.44. The van der Waals surface area contributed by atoms with Gasteiger partial charge in [0.2, 0.25) is 5.72 Å². The minimum absolute atomic E-state index is 0.0685. The van der Waals surface area contributed by atoms with Gasteiger partial charge in [0.05, 0.1) is 15.8 Å². The minimum atomic E-state index is -5.39. The van der Waals surface area contributed by atoms with Crippen molar-refractivity contribution in [2.45, 2.75) is 17.9 Å². The summed E-state index contributed by atoms with van der Waals surface area (Å²) in [4.78, 5) is 34.9. The molecule has 1 fully saturated rings. The second-order valence-corrected chi connectivity index (χ2v) is 6.96. The Hall–Kier alpha value is -2.99. The fourth-order valence-electron chi connectivity index (χ4n) is 3.02. The molecule has 0 aliphatic carbocycles. The number of carbonyl (C=O) groups is 2. The smallest absolute Gasteiger partial charge is 0.363 e. The summed E-state index contributed by atoms with van der Waals surface area (Å²) in [6, 6.07) is 4.20. The number of alkyl halides is 3. The Morgan fingerprint density at radius 2 is 2.00 bits per heavy atom.